The quantitative estimate of drug-likeness (QED) is 0.844. The fraction of sp³-hybridized carbons (Fsp3) is 0.385. The van der Waals surface area contributed by atoms with Crippen LogP contribution in [0, 0.1) is 28.9 Å². The molecule has 3 atom stereocenters. The van der Waals surface area contributed by atoms with Crippen molar-refractivity contribution in [2.24, 2.45) is 5.92 Å². The van der Waals surface area contributed by atoms with Crippen molar-refractivity contribution < 1.29 is 18.7 Å². The van der Waals surface area contributed by atoms with E-state index in [0.717, 1.165) is 23.1 Å². The third-order valence-electron chi connectivity index (χ3n) is 4.15. The lowest BCUT2D eigenvalue weighted by atomic mass is 9.93. The van der Waals surface area contributed by atoms with Crippen molar-refractivity contribution in [3.05, 3.63) is 35.4 Å². The summed E-state index contributed by atoms with van der Waals surface area (Å²) >= 11 is 0. The van der Waals surface area contributed by atoms with E-state index in [0.29, 0.717) is 6.42 Å². The first-order chi connectivity index (χ1) is 8.99. The van der Waals surface area contributed by atoms with Crippen molar-refractivity contribution in [1.29, 1.82) is 5.26 Å². The maximum absolute atomic E-state index is 13.8. The molecule has 1 aliphatic heterocycles. The fourth-order valence-corrected chi connectivity index (χ4v) is 3.17. The molecule has 6 heteroatoms. The number of carbonyl (C=O) groups is 1. The van der Waals surface area contributed by atoms with Crippen molar-refractivity contribution in [3.63, 3.8) is 0 Å². The molecule has 2 unspecified atom stereocenters. The number of likely N-dealkylation sites (tertiary alicyclic amines) is 1. The van der Waals surface area contributed by atoms with E-state index in [2.05, 4.69) is 0 Å². The molecule has 0 spiro atoms. The van der Waals surface area contributed by atoms with Gasteiger partial charge in [-0.05, 0) is 30.2 Å². The van der Waals surface area contributed by atoms with Crippen LogP contribution in [-0.4, -0.2) is 28.7 Å². The molecule has 19 heavy (non-hydrogen) atoms. The first kappa shape index (κ1) is 11.9. The van der Waals surface area contributed by atoms with Gasteiger partial charge >= 0.3 is 6.09 Å². The number of carboxylic acid groups (broad SMARTS) is 1. The number of halogens is 2. The van der Waals surface area contributed by atoms with E-state index in [1.165, 1.54) is 0 Å². The van der Waals surface area contributed by atoms with Gasteiger partial charge in [-0.1, -0.05) is 0 Å². The largest absolute Gasteiger partial charge is 0.465 e. The second-order valence-corrected chi connectivity index (χ2v) is 5.08. The van der Waals surface area contributed by atoms with E-state index in [1.54, 1.807) is 0 Å². The zero-order valence-electron chi connectivity index (χ0n) is 9.81. The van der Waals surface area contributed by atoms with Gasteiger partial charge < -0.3 is 5.11 Å². The average Bonchev–Trinajstić information content (AvgIpc) is 2.99. The van der Waals surface area contributed by atoms with Gasteiger partial charge in [0.15, 0.2) is 0 Å². The first-order valence-corrected chi connectivity index (χ1v) is 5.84. The summed E-state index contributed by atoms with van der Waals surface area (Å²) in [5.74, 6) is -1.35. The van der Waals surface area contributed by atoms with Crippen LogP contribution in [0.5, 0.6) is 0 Å². The Balaban J connectivity index is 2.02. The maximum Gasteiger partial charge on any atom is 0.408 e. The molecule has 0 radical (unpaired) electrons. The number of hydrogen-bond acceptors (Lipinski definition) is 2. The van der Waals surface area contributed by atoms with Crippen LogP contribution >= 0.6 is 0 Å². The lowest BCUT2D eigenvalue weighted by Gasteiger charge is -2.20. The molecule has 1 aromatic carbocycles. The Kier molecular flexibility index (Phi) is 2.30. The van der Waals surface area contributed by atoms with Crippen LogP contribution in [0.2, 0.25) is 0 Å². The highest BCUT2D eigenvalue weighted by Gasteiger charge is 2.68. The van der Waals surface area contributed by atoms with Crippen LogP contribution in [0.4, 0.5) is 13.6 Å². The Bertz CT molecular complexity index is 613. The van der Waals surface area contributed by atoms with Gasteiger partial charge in [0.05, 0.1) is 6.07 Å². The van der Waals surface area contributed by atoms with Gasteiger partial charge in [-0.3, -0.25) is 4.90 Å². The van der Waals surface area contributed by atoms with Gasteiger partial charge in [0.1, 0.15) is 17.7 Å². The number of hydrogen-bond donors (Lipinski definition) is 1. The summed E-state index contributed by atoms with van der Waals surface area (Å²) in [5, 5.41) is 18.1. The summed E-state index contributed by atoms with van der Waals surface area (Å²) in [6.45, 7) is 0.0472. The predicted octanol–water partition coefficient (Wildman–Crippen LogP) is 2.11. The topological polar surface area (TPSA) is 64.3 Å². The van der Waals surface area contributed by atoms with Crippen molar-refractivity contribution in [2.45, 2.75) is 17.9 Å². The number of piperidine rings is 1. The van der Waals surface area contributed by atoms with Gasteiger partial charge in [0, 0.05) is 17.9 Å². The molecule has 98 valence electrons. The third kappa shape index (κ3) is 1.51. The van der Waals surface area contributed by atoms with Gasteiger partial charge in [-0.15, -0.1) is 0 Å². The molecule has 4 nitrogen and oxygen atoms in total. The second kappa shape index (κ2) is 3.67. The van der Waals surface area contributed by atoms with E-state index >= 15 is 0 Å². The van der Waals surface area contributed by atoms with Crippen LogP contribution in [0.25, 0.3) is 0 Å². The van der Waals surface area contributed by atoms with Crippen molar-refractivity contribution in [2.75, 3.05) is 6.54 Å². The zero-order valence-corrected chi connectivity index (χ0v) is 9.81. The molecule has 2 fully saturated rings. The van der Waals surface area contributed by atoms with Crippen molar-refractivity contribution >= 4 is 6.09 Å². The van der Waals surface area contributed by atoms with E-state index < -0.39 is 29.2 Å². The van der Waals surface area contributed by atoms with Crippen LogP contribution in [0.15, 0.2) is 18.2 Å². The van der Waals surface area contributed by atoms with E-state index in [-0.39, 0.29) is 18.0 Å². The summed E-state index contributed by atoms with van der Waals surface area (Å²) in [6, 6.07) is 4.34. The summed E-state index contributed by atoms with van der Waals surface area (Å²) in [5.41, 5.74) is -0.549. The summed E-state index contributed by atoms with van der Waals surface area (Å²) in [4.78, 5) is 12.1. The molecule has 1 N–H and O–H groups in total. The Morgan fingerprint density at radius 2 is 2.26 bits per heavy atom. The zero-order chi connectivity index (χ0) is 13.8. The normalized spacial score (nSPS) is 31.7. The molecule has 1 saturated heterocycles. The van der Waals surface area contributed by atoms with Crippen LogP contribution < -0.4 is 0 Å². The summed E-state index contributed by atoms with van der Waals surface area (Å²) in [7, 11) is 0. The summed E-state index contributed by atoms with van der Waals surface area (Å²) < 4.78 is 27.1. The van der Waals surface area contributed by atoms with Crippen LogP contribution in [0.3, 0.4) is 0 Å². The molecule has 0 aromatic heterocycles. The minimum atomic E-state index is -1.20. The summed E-state index contributed by atoms with van der Waals surface area (Å²) in [6.07, 6.45) is -0.676. The highest BCUT2D eigenvalue weighted by molar-refractivity contribution is 5.68. The average molecular weight is 264 g/mol. The van der Waals surface area contributed by atoms with Gasteiger partial charge in [-0.2, -0.15) is 5.26 Å². The number of nitrogens with zero attached hydrogens (tertiary/aromatic N) is 2. The SMILES string of the molecule is N#CC1[C@@H]2CC2(c2cc(F)ccc2F)CN1C(=O)O. The number of amides is 1. The second-order valence-electron chi connectivity index (χ2n) is 5.08. The smallest absolute Gasteiger partial charge is 0.408 e. The number of fused-ring (bicyclic) bond motifs is 1. The molecule has 1 amide bonds. The Morgan fingerprint density at radius 1 is 1.53 bits per heavy atom. The fourth-order valence-electron chi connectivity index (χ4n) is 3.17. The van der Waals surface area contributed by atoms with Gasteiger partial charge in [-0.25, -0.2) is 13.6 Å². The monoisotopic (exact) mass is 264 g/mol. The Morgan fingerprint density at radius 3 is 2.84 bits per heavy atom. The Hall–Kier alpha value is -2.16. The highest BCUT2D eigenvalue weighted by atomic mass is 19.1. The minimum absolute atomic E-state index is 0.0472. The van der Waals surface area contributed by atoms with Gasteiger partial charge in [0.25, 0.3) is 0 Å². The predicted molar refractivity (Wildman–Crippen MR) is 60.3 cm³/mol. The van der Waals surface area contributed by atoms with Crippen LogP contribution in [-0.2, 0) is 5.41 Å². The number of benzene rings is 1. The van der Waals surface area contributed by atoms with E-state index in [4.69, 9.17) is 10.4 Å². The van der Waals surface area contributed by atoms with Crippen molar-refractivity contribution in [3.8, 4) is 6.07 Å². The molecule has 2 aliphatic rings. The first-order valence-electron chi connectivity index (χ1n) is 5.84. The molecule has 1 aliphatic carbocycles. The molecule has 3 rings (SSSR count). The molecular formula is C13H10F2N2O2. The number of nitriles is 1. The number of rotatable bonds is 1. The minimum Gasteiger partial charge on any atom is -0.465 e. The highest BCUT2D eigenvalue weighted by Crippen LogP contribution is 2.62. The van der Waals surface area contributed by atoms with Crippen LogP contribution in [0.1, 0.15) is 12.0 Å². The van der Waals surface area contributed by atoms with Gasteiger partial charge in [0.2, 0.25) is 0 Å². The molecule has 1 saturated carbocycles. The standard InChI is InChI=1S/C13H10F2N2O2/c14-7-1-2-10(15)8(3-7)13-4-9(13)11(5-16)17(6-13)12(18)19/h1-3,9,11H,4,6H2,(H,18,19)/t9-,11?,13?/m0/s1. The Labute approximate surface area is 107 Å². The van der Waals surface area contributed by atoms with Crippen molar-refractivity contribution in [1.82, 2.24) is 4.90 Å². The molecule has 1 heterocycles. The lowest BCUT2D eigenvalue weighted by molar-refractivity contribution is 0.140. The van der Waals surface area contributed by atoms with E-state index in [1.807, 2.05) is 6.07 Å². The lowest BCUT2D eigenvalue weighted by Crippen LogP contribution is -2.37. The molecular weight excluding hydrogens is 254 g/mol. The third-order valence-corrected chi connectivity index (χ3v) is 4.15. The molecule has 0 bridgehead atoms. The maximum atomic E-state index is 13.8. The van der Waals surface area contributed by atoms with E-state index in [9.17, 15) is 13.6 Å². The molecule has 1 aromatic rings.